The Morgan fingerprint density at radius 1 is 1.26 bits per heavy atom. The SMILES string of the molecule is O=C(NCc1cc(Cl)c2c(c1)OCCO2)c1ccc(F)cc1I. The zero-order chi connectivity index (χ0) is 16.4. The summed E-state index contributed by atoms with van der Waals surface area (Å²) in [5, 5.41) is 3.24. The molecular weight excluding hydrogens is 436 g/mol. The van der Waals surface area contributed by atoms with Gasteiger partial charge in [0.25, 0.3) is 5.91 Å². The number of fused-ring (bicyclic) bond motifs is 1. The van der Waals surface area contributed by atoms with Crippen molar-refractivity contribution >= 4 is 40.1 Å². The molecule has 3 rings (SSSR count). The fraction of sp³-hybridized carbons (Fsp3) is 0.188. The summed E-state index contributed by atoms with van der Waals surface area (Å²) in [5.41, 5.74) is 1.22. The van der Waals surface area contributed by atoms with Gasteiger partial charge in [-0.2, -0.15) is 0 Å². The van der Waals surface area contributed by atoms with Crippen molar-refractivity contribution in [2.75, 3.05) is 13.2 Å². The third-order valence-corrected chi connectivity index (χ3v) is 4.46. The van der Waals surface area contributed by atoms with Gasteiger partial charge in [0.15, 0.2) is 11.5 Å². The second kappa shape index (κ2) is 6.92. The molecule has 0 bridgehead atoms. The number of carbonyl (C=O) groups excluding carboxylic acids is 1. The molecule has 1 aliphatic rings. The molecule has 2 aromatic rings. The van der Waals surface area contributed by atoms with Gasteiger partial charge < -0.3 is 14.8 Å². The molecule has 0 unspecified atom stereocenters. The molecule has 0 fully saturated rings. The highest BCUT2D eigenvalue weighted by Gasteiger charge is 2.17. The lowest BCUT2D eigenvalue weighted by Crippen LogP contribution is -2.24. The first-order valence-corrected chi connectivity index (χ1v) is 8.31. The zero-order valence-corrected chi connectivity index (χ0v) is 14.8. The predicted octanol–water partition coefficient (Wildman–Crippen LogP) is 3.78. The topological polar surface area (TPSA) is 47.6 Å². The van der Waals surface area contributed by atoms with Crippen molar-refractivity contribution in [2.24, 2.45) is 0 Å². The van der Waals surface area contributed by atoms with Gasteiger partial charge in [-0.1, -0.05) is 11.6 Å². The van der Waals surface area contributed by atoms with Crippen LogP contribution in [0.3, 0.4) is 0 Å². The van der Waals surface area contributed by atoms with Crippen LogP contribution in [0.2, 0.25) is 5.02 Å². The Balaban J connectivity index is 1.73. The highest BCUT2D eigenvalue weighted by atomic mass is 127. The van der Waals surface area contributed by atoms with E-state index < -0.39 is 0 Å². The number of ether oxygens (including phenoxy) is 2. The Hall–Kier alpha value is -1.54. The normalized spacial score (nSPS) is 12.8. The Morgan fingerprint density at radius 2 is 2.04 bits per heavy atom. The lowest BCUT2D eigenvalue weighted by Gasteiger charge is -2.20. The quantitative estimate of drug-likeness (QED) is 0.729. The lowest BCUT2D eigenvalue weighted by molar-refractivity contribution is 0.0950. The summed E-state index contributed by atoms with van der Waals surface area (Å²) in [7, 11) is 0. The van der Waals surface area contributed by atoms with Gasteiger partial charge in [0.1, 0.15) is 19.0 Å². The summed E-state index contributed by atoms with van der Waals surface area (Å²) in [5.74, 6) is 0.454. The number of rotatable bonds is 3. The Kier molecular flexibility index (Phi) is 4.91. The molecule has 1 aliphatic heterocycles. The van der Waals surface area contributed by atoms with Crippen molar-refractivity contribution in [1.82, 2.24) is 5.32 Å². The van der Waals surface area contributed by atoms with Crippen LogP contribution in [-0.4, -0.2) is 19.1 Å². The number of nitrogens with one attached hydrogen (secondary N) is 1. The van der Waals surface area contributed by atoms with E-state index in [9.17, 15) is 9.18 Å². The average Bonchev–Trinajstić information content (AvgIpc) is 2.53. The van der Waals surface area contributed by atoms with E-state index in [-0.39, 0.29) is 18.3 Å². The number of halogens is 3. The second-order valence-corrected chi connectivity index (χ2v) is 6.48. The van der Waals surface area contributed by atoms with Crippen molar-refractivity contribution in [1.29, 1.82) is 0 Å². The van der Waals surface area contributed by atoms with Gasteiger partial charge >= 0.3 is 0 Å². The largest absolute Gasteiger partial charge is 0.486 e. The minimum Gasteiger partial charge on any atom is -0.486 e. The summed E-state index contributed by atoms with van der Waals surface area (Å²) in [6.45, 7) is 1.21. The van der Waals surface area contributed by atoms with Gasteiger partial charge in [-0.15, -0.1) is 0 Å². The third kappa shape index (κ3) is 3.69. The van der Waals surface area contributed by atoms with E-state index in [0.717, 1.165) is 5.56 Å². The average molecular weight is 448 g/mol. The maximum atomic E-state index is 13.1. The molecule has 0 spiro atoms. The molecule has 1 N–H and O–H groups in total. The molecule has 120 valence electrons. The van der Waals surface area contributed by atoms with Crippen LogP contribution in [0.15, 0.2) is 30.3 Å². The Morgan fingerprint density at radius 3 is 2.83 bits per heavy atom. The summed E-state index contributed by atoms with van der Waals surface area (Å²) >= 11 is 8.09. The molecular formula is C16H12ClFINO3. The summed E-state index contributed by atoms with van der Waals surface area (Å²) in [6.07, 6.45) is 0. The van der Waals surface area contributed by atoms with Gasteiger partial charge in [0.05, 0.1) is 10.6 Å². The molecule has 0 aromatic heterocycles. The molecule has 7 heteroatoms. The number of amides is 1. The van der Waals surface area contributed by atoms with Gasteiger partial charge in [0.2, 0.25) is 0 Å². The summed E-state index contributed by atoms with van der Waals surface area (Å²) < 4.78 is 24.6. The molecule has 4 nitrogen and oxygen atoms in total. The van der Waals surface area contributed by atoms with Crippen molar-refractivity contribution < 1.29 is 18.7 Å². The molecule has 0 aliphatic carbocycles. The number of carbonyl (C=O) groups is 1. The maximum absolute atomic E-state index is 13.1. The van der Waals surface area contributed by atoms with Crippen LogP contribution in [0.4, 0.5) is 4.39 Å². The van der Waals surface area contributed by atoms with E-state index >= 15 is 0 Å². The third-order valence-electron chi connectivity index (χ3n) is 3.29. The van der Waals surface area contributed by atoms with E-state index in [1.165, 1.54) is 18.2 Å². The molecule has 0 atom stereocenters. The van der Waals surface area contributed by atoms with Crippen LogP contribution in [0.5, 0.6) is 11.5 Å². The van der Waals surface area contributed by atoms with E-state index in [2.05, 4.69) is 5.32 Å². The molecule has 1 amide bonds. The minimum atomic E-state index is -0.371. The van der Waals surface area contributed by atoms with Crippen molar-refractivity contribution in [2.45, 2.75) is 6.54 Å². The molecule has 0 radical (unpaired) electrons. The number of hydrogen-bond acceptors (Lipinski definition) is 3. The van der Waals surface area contributed by atoms with Crippen LogP contribution >= 0.6 is 34.2 Å². The van der Waals surface area contributed by atoms with E-state index in [0.29, 0.717) is 38.9 Å². The minimum absolute atomic E-state index is 0.277. The molecule has 23 heavy (non-hydrogen) atoms. The van der Waals surface area contributed by atoms with Crippen LogP contribution in [0.1, 0.15) is 15.9 Å². The highest BCUT2D eigenvalue weighted by molar-refractivity contribution is 14.1. The first-order chi connectivity index (χ1) is 11.0. The van der Waals surface area contributed by atoms with Crippen molar-refractivity contribution in [3.63, 3.8) is 0 Å². The van der Waals surface area contributed by atoms with Gasteiger partial charge in [0, 0.05) is 10.1 Å². The van der Waals surface area contributed by atoms with Crippen molar-refractivity contribution in [3.8, 4) is 11.5 Å². The fourth-order valence-corrected chi connectivity index (χ4v) is 3.23. The van der Waals surface area contributed by atoms with E-state index in [1.807, 2.05) is 22.6 Å². The number of hydrogen-bond donors (Lipinski definition) is 1. The molecule has 0 saturated heterocycles. The molecule has 0 saturated carbocycles. The summed E-state index contributed by atoms with van der Waals surface area (Å²) in [6, 6.07) is 7.55. The zero-order valence-electron chi connectivity index (χ0n) is 11.9. The van der Waals surface area contributed by atoms with Gasteiger partial charge in [-0.3, -0.25) is 4.79 Å². The predicted molar refractivity (Wildman–Crippen MR) is 92.7 cm³/mol. The molecule has 1 heterocycles. The first-order valence-electron chi connectivity index (χ1n) is 6.86. The lowest BCUT2D eigenvalue weighted by atomic mass is 10.1. The van der Waals surface area contributed by atoms with Gasteiger partial charge in [-0.25, -0.2) is 4.39 Å². The Bertz CT molecular complexity index is 769. The van der Waals surface area contributed by atoms with Crippen molar-refractivity contribution in [3.05, 3.63) is 55.9 Å². The van der Waals surface area contributed by atoms with Crippen LogP contribution in [-0.2, 0) is 6.54 Å². The second-order valence-electron chi connectivity index (χ2n) is 4.91. The molecule has 2 aromatic carbocycles. The van der Waals surface area contributed by atoms with E-state index in [1.54, 1.807) is 12.1 Å². The fourth-order valence-electron chi connectivity index (χ4n) is 2.22. The standard InChI is InChI=1S/C16H12ClFINO3/c17-12-5-9(6-14-15(12)23-4-3-22-14)8-20-16(21)11-2-1-10(18)7-13(11)19/h1-2,5-7H,3-4,8H2,(H,20,21). The van der Waals surface area contributed by atoms with Crippen LogP contribution < -0.4 is 14.8 Å². The van der Waals surface area contributed by atoms with Crippen LogP contribution in [0, 0.1) is 9.39 Å². The first kappa shape index (κ1) is 16.3. The van der Waals surface area contributed by atoms with Gasteiger partial charge in [-0.05, 0) is 58.5 Å². The Labute approximate surface area is 151 Å². The summed E-state index contributed by atoms with van der Waals surface area (Å²) in [4.78, 5) is 12.2. The smallest absolute Gasteiger partial charge is 0.252 e. The maximum Gasteiger partial charge on any atom is 0.252 e. The highest BCUT2D eigenvalue weighted by Crippen LogP contribution is 2.38. The van der Waals surface area contributed by atoms with E-state index in [4.69, 9.17) is 21.1 Å². The van der Waals surface area contributed by atoms with Crippen LogP contribution in [0.25, 0.3) is 0 Å². The monoisotopic (exact) mass is 447 g/mol. The number of benzene rings is 2.